The van der Waals surface area contributed by atoms with Crippen molar-refractivity contribution in [2.45, 2.75) is 38.1 Å². The Kier molecular flexibility index (Phi) is 11.1. The molecule has 39 heavy (non-hydrogen) atoms. The average Bonchev–Trinajstić information content (AvgIpc) is 3.26. The molecule has 0 saturated carbocycles. The molecule has 0 aliphatic carbocycles. The van der Waals surface area contributed by atoms with Crippen molar-refractivity contribution in [1.29, 1.82) is 0 Å². The van der Waals surface area contributed by atoms with Gasteiger partial charge in [0.1, 0.15) is 23.9 Å². The summed E-state index contributed by atoms with van der Waals surface area (Å²) in [7, 11) is 1.56. The molecule has 1 saturated heterocycles. The Balaban J connectivity index is 1.14. The van der Waals surface area contributed by atoms with Crippen LogP contribution < -0.4 is 14.8 Å². The van der Waals surface area contributed by atoms with E-state index in [0.29, 0.717) is 58.1 Å². The van der Waals surface area contributed by atoms with Gasteiger partial charge < -0.3 is 29.2 Å². The summed E-state index contributed by atoms with van der Waals surface area (Å²) in [6, 6.07) is 10.5. The normalized spacial score (nSPS) is 16.8. The van der Waals surface area contributed by atoms with Gasteiger partial charge in [0.2, 0.25) is 5.78 Å². The monoisotopic (exact) mass is 576 g/mol. The lowest BCUT2D eigenvalue weighted by atomic mass is 10.0. The molecule has 4 rings (SSSR count). The number of likely N-dealkylation sites (tertiary alicyclic amines) is 1. The number of halogens is 2. The number of Topliss-reactive ketones (excluding diaryl/α,β-unsaturated/α-hetero) is 1. The highest BCUT2D eigenvalue weighted by atomic mass is 35.5. The van der Waals surface area contributed by atoms with E-state index < -0.39 is 0 Å². The number of amides is 1. The van der Waals surface area contributed by atoms with Crippen LogP contribution in [-0.4, -0.2) is 69.4 Å². The van der Waals surface area contributed by atoms with E-state index in [1.165, 1.54) is 0 Å². The van der Waals surface area contributed by atoms with Crippen LogP contribution >= 0.6 is 23.2 Å². The number of allylic oxidation sites excluding steroid dienone is 1. The van der Waals surface area contributed by atoms with Crippen LogP contribution in [0, 0.1) is 0 Å². The summed E-state index contributed by atoms with van der Waals surface area (Å²) >= 11 is 12.0. The van der Waals surface area contributed by atoms with Crippen molar-refractivity contribution in [2.75, 3.05) is 46.8 Å². The lowest BCUT2D eigenvalue weighted by Crippen LogP contribution is -2.44. The second-order valence-corrected chi connectivity index (χ2v) is 10.3. The number of hydrogen-bond acceptors (Lipinski definition) is 7. The maximum atomic E-state index is 12.9. The molecule has 2 heterocycles. The minimum atomic E-state index is -0.165. The fourth-order valence-electron chi connectivity index (χ4n) is 4.60. The highest BCUT2D eigenvalue weighted by molar-refractivity contribution is 6.42. The summed E-state index contributed by atoms with van der Waals surface area (Å²) in [5.41, 5.74) is 0.996. The molecular weight excluding hydrogens is 543 g/mol. The van der Waals surface area contributed by atoms with E-state index in [0.717, 1.165) is 45.3 Å². The summed E-state index contributed by atoms with van der Waals surface area (Å²) in [6.45, 7) is 3.99. The van der Waals surface area contributed by atoms with E-state index in [9.17, 15) is 9.59 Å². The van der Waals surface area contributed by atoms with Gasteiger partial charge in [0.05, 0.1) is 23.3 Å². The van der Waals surface area contributed by atoms with Crippen LogP contribution in [0.3, 0.4) is 0 Å². The zero-order chi connectivity index (χ0) is 27.6. The van der Waals surface area contributed by atoms with Crippen molar-refractivity contribution >= 4 is 34.9 Å². The Morgan fingerprint density at radius 2 is 1.95 bits per heavy atom. The molecule has 0 spiro atoms. The number of fused-ring (bicyclic) bond motifs is 1. The minimum Gasteiger partial charge on any atom is -0.493 e. The average molecular weight is 578 g/mol. The minimum absolute atomic E-state index is 0.126. The van der Waals surface area contributed by atoms with Crippen LogP contribution in [0.2, 0.25) is 10.0 Å². The molecule has 0 bridgehead atoms. The van der Waals surface area contributed by atoms with Gasteiger partial charge in [-0.2, -0.15) is 0 Å². The number of rotatable bonds is 13. The van der Waals surface area contributed by atoms with Crippen molar-refractivity contribution in [1.82, 2.24) is 10.2 Å². The van der Waals surface area contributed by atoms with E-state index in [2.05, 4.69) is 10.2 Å². The molecule has 0 aromatic heterocycles. The molecule has 8 nitrogen and oxygen atoms in total. The molecule has 0 unspecified atom stereocenters. The number of benzene rings is 2. The third-order valence-electron chi connectivity index (χ3n) is 6.68. The van der Waals surface area contributed by atoms with Gasteiger partial charge >= 0.3 is 0 Å². The molecule has 2 aliphatic rings. The van der Waals surface area contributed by atoms with Crippen molar-refractivity contribution in [3.8, 4) is 11.5 Å². The number of piperidine rings is 1. The Hall–Kier alpha value is -2.62. The summed E-state index contributed by atoms with van der Waals surface area (Å²) in [5, 5.41) is 3.91. The molecule has 1 N–H and O–H groups in total. The van der Waals surface area contributed by atoms with Gasteiger partial charge in [-0.25, -0.2) is 0 Å². The van der Waals surface area contributed by atoms with Crippen LogP contribution in [0.4, 0.5) is 0 Å². The van der Waals surface area contributed by atoms with Crippen LogP contribution in [0.25, 0.3) is 0 Å². The molecule has 210 valence electrons. The number of nitrogens with zero attached hydrogens (tertiary/aromatic N) is 1. The van der Waals surface area contributed by atoms with E-state index in [1.807, 2.05) is 12.1 Å². The summed E-state index contributed by atoms with van der Waals surface area (Å²) in [4.78, 5) is 27.8. The Morgan fingerprint density at radius 3 is 2.72 bits per heavy atom. The topological polar surface area (TPSA) is 86.3 Å². The Labute approximate surface area is 239 Å². The third-order valence-corrected chi connectivity index (χ3v) is 7.42. The molecule has 2 aliphatic heterocycles. The van der Waals surface area contributed by atoms with Gasteiger partial charge in [0.25, 0.3) is 5.91 Å². The number of carbonyl (C=O) groups excluding carboxylic acids is 2. The maximum absolute atomic E-state index is 12.9. The van der Waals surface area contributed by atoms with Crippen molar-refractivity contribution < 1.29 is 28.5 Å². The number of hydrogen-bond donors (Lipinski definition) is 1. The van der Waals surface area contributed by atoms with Crippen LogP contribution in [0.1, 0.15) is 52.8 Å². The summed E-state index contributed by atoms with van der Waals surface area (Å²) < 4.78 is 21.8. The fourth-order valence-corrected chi connectivity index (χ4v) is 4.90. The van der Waals surface area contributed by atoms with Crippen LogP contribution in [0.15, 0.2) is 48.2 Å². The van der Waals surface area contributed by atoms with Gasteiger partial charge in [-0.3, -0.25) is 9.59 Å². The van der Waals surface area contributed by atoms with Gasteiger partial charge in [0, 0.05) is 31.8 Å². The zero-order valence-corrected chi connectivity index (χ0v) is 23.6. The molecule has 0 radical (unpaired) electrons. The molecule has 10 heteroatoms. The van der Waals surface area contributed by atoms with Crippen LogP contribution in [0.5, 0.6) is 11.5 Å². The highest BCUT2D eigenvalue weighted by Crippen LogP contribution is 2.37. The van der Waals surface area contributed by atoms with Gasteiger partial charge in [-0.1, -0.05) is 29.3 Å². The Bertz CT molecular complexity index is 1180. The SMILES string of the molecule is COCOCC/C=C1\Oc2cccc(OCCCCN3CCC(NC(=O)c4ccc(Cl)c(Cl)c4)CC3)c2C1=O. The fraction of sp³-hybridized carbons (Fsp3) is 0.448. The molecule has 1 amide bonds. The first kappa shape index (κ1) is 29.4. The standard InChI is InChI=1S/C29H34Cl2N2O6/c1-36-19-37-16-5-8-26-28(34)27-24(6-4-7-25(27)39-26)38-17-3-2-13-33-14-11-21(12-15-33)32-29(35)20-9-10-22(30)23(31)18-20/h4,6-10,18,21H,2-3,5,11-17,19H2,1H3,(H,32,35)/b26-8-. The molecule has 1 fully saturated rings. The van der Waals surface area contributed by atoms with Crippen molar-refractivity contribution in [3.63, 3.8) is 0 Å². The number of ketones is 1. The summed E-state index contributed by atoms with van der Waals surface area (Å²) in [6.07, 6.45) is 5.93. The van der Waals surface area contributed by atoms with E-state index >= 15 is 0 Å². The number of nitrogens with one attached hydrogen (secondary N) is 1. The lowest BCUT2D eigenvalue weighted by Gasteiger charge is -2.32. The van der Waals surface area contributed by atoms with E-state index in [1.54, 1.807) is 37.5 Å². The largest absolute Gasteiger partial charge is 0.493 e. The van der Waals surface area contributed by atoms with Crippen molar-refractivity contribution in [2.24, 2.45) is 0 Å². The first-order valence-electron chi connectivity index (χ1n) is 13.2. The predicted molar refractivity (Wildman–Crippen MR) is 150 cm³/mol. The molecule has 0 atom stereocenters. The first-order chi connectivity index (χ1) is 19.0. The van der Waals surface area contributed by atoms with E-state index in [-0.39, 0.29) is 24.5 Å². The number of methoxy groups -OCH3 is 1. The summed E-state index contributed by atoms with van der Waals surface area (Å²) in [5.74, 6) is 1.09. The number of carbonyl (C=O) groups is 2. The smallest absolute Gasteiger partial charge is 0.251 e. The predicted octanol–water partition coefficient (Wildman–Crippen LogP) is 5.52. The zero-order valence-electron chi connectivity index (χ0n) is 22.0. The third kappa shape index (κ3) is 8.19. The molecule has 2 aromatic rings. The Morgan fingerprint density at radius 1 is 1.13 bits per heavy atom. The number of unbranched alkanes of at least 4 members (excludes halogenated alkanes) is 1. The highest BCUT2D eigenvalue weighted by Gasteiger charge is 2.30. The molecular formula is C29H34Cl2N2O6. The maximum Gasteiger partial charge on any atom is 0.251 e. The van der Waals surface area contributed by atoms with E-state index in [4.69, 9.17) is 42.1 Å². The van der Waals surface area contributed by atoms with Gasteiger partial charge in [0.15, 0.2) is 5.76 Å². The number of ether oxygens (including phenoxy) is 4. The van der Waals surface area contributed by atoms with Crippen molar-refractivity contribution in [3.05, 3.63) is 69.4 Å². The first-order valence-corrected chi connectivity index (χ1v) is 14.0. The lowest BCUT2D eigenvalue weighted by molar-refractivity contribution is -0.0286. The van der Waals surface area contributed by atoms with Crippen LogP contribution in [-0.2, 0) is 9.47 Å². The second kappa shape index (κ2) is 14.7. The second-order valence-electron chi connectivity index (χ2n) is 9.51. The van der Waals surface area contributed by atoms with Gasteiger partial charge in [-0.05, 0) is 75.1 Å². The van der Waals surface area contributed by atoms with Gasteiger partial charge in [-0.15, -0.1) is 0 Å². The quantitative estimate of drug-likeness (QED) is 0.191. The molecule has 2 aromatic carbocycles.